The van der Waals surface area contributed by atoms with E-state index in [1.807, 2.05) is 0 Å². The van der Waals surface area contributed by atoms with Crippen molar-refractivity contribution in [3.05, 3.63) is 39.9 Å². The molecule has 2 aromatic rings. The summed E-state index contributed by atoms with van der Waals surface area (Å²) in [5.41, 5.74) is 1.16. The van der Waals surface area contributed by atoms with Gasteiger partial charge in [-0.15, -0.1) is 0 Å². The van der Waals surface area contributed by atoms with Gasteiger partial charge in [-0.3, -0.25) is 5.41 Å². The summed E-state index contributed by atoms with van der Waals surface area (Å²) in [4.78, 5) is 0. The molecule has 0 fully saturated rings. The summed E-state index contributed by atoms with van der Waals surface area (Å²) in [6.45, 7) is 0. The average molecular weight is 419 g/mol. The van der Waals surface area contributed by atoms with Crippen LogP contribution >= 0.6 is 15.9 Å². The third-order valence-electron chi connectivity index (χ3n) is 4.26. The highest BCUT2D eigenvalue weighted by molar-refractivity contribution is 9.10. The molecule has 2 unspecified atom stereocenters. The van der Waals surface area contributed by atoms with Crippen molar-refractivity contribution in [2.45, 2.75) is 5.92 Å². The zero-order valence-corrected chi connectivity index (χ0v) is 15.5. The summed E-state index contributed by atoms with van der Waals surface area (Å²) < 4.78 is 16.6. The zero-order valence-electron chi connectivity index (χ0n) is 13.9. The number of nitrogens with one attached hydrogen (secondary N) is 1. The van der Waals surface area contributed by atoms with Gasteiger partial charge < -0.3 is 24.4 Å². The van der Waals surface area contributed by atoms with E-state index in [4.69, 9.17) is 19.6 Å². The first-order valence-corrected chi connectivity index (χ1v) is 8.34. The van der Waals surface area contributed by atoms with E-state index >= 15 is 0 Å². The molecule has 2 atom stereocenters. The van der Waals surface area contributed by atoms with Crippen molar-refractivity contribution in [2.75, 3.05) is 14.2 Å². The van der Waals surface area contributed by atoms with E-state index in [1.54, 1.807) is 18.2 Å². The van der Waals surface area contributed by atoms with Crippen molar-refractivity contribution in [1.29, 1.82) is 10.7 Å². The summed E-state index contributed by atoms with van der Waals surface area (Å²) >= 11 is 3.43. The van der Waals surface area contributed by atoms with Crippen LogP contribution in [0.1, 0.15) is 17.0 Å². The SMILES string of the molecule is COc1cc(C2c3ccc(O)c(O)c3OC(=N)C2C#N)cc(Br)c1OC. The molecule has 0 amide bonds. The maximum Gasteiger partial charge on any atom is 0.205 e. The van der Waals surface area contributed by atoms with E-state index in [-0.39, 0.29) is 17.4 Å². The number of rotatable bonds is 3. The number of hydrogen-bond donors (Lipinski definition) is 3. The van der Waals surface area contributed by atoms with Crippen molar-refractivity contribution in [3.63, 3.8) is 0 Å². The van der Waals surface area contributed by atoms with Gasteiger partial charge in [0.2, 0.25) is 11.6 Å². The number of aromatic hydroxyl groups is 2. The molecule has 134 valence electrons. The fraction of sp³-hybridized carbons (Fsp3) is 0.222. The lowest BCUT2D eigenvalue weighted by Gasteiger charge is -2.31. The summed E-state index contributed by atoms with van der Waals surface area (Å²) in [5, 5.41) is 37.5. The first-order chi connectivity index (χ1) is 12.4. The number of benzene rings is 2. The van der Waals surface area contributed by atoms with E-state index in [0.717, 1.165) is 0 Å². The Morgan fingerprint density at radius 3 is 2.58 bits per heavy atom. The molecule has 0 saturated carbocycles. The predicted molar refractivity (Wildman–Crippen MR) is 96.3 cm³/mol. The number of ether oxygens (including phenoxy) is 3. The molecular weight excluding hydrogens is 404 g/mol. The molecule has 8 heteroatoms. The Morgan fingerprint density at radius 1 is 1.23 bits per heavy atom. The number of nitriles is 1. The van der Waals surface area contributed by atoms with E-state index in [1.165, 1.54) is 20.3 Å². The second-order valence-electron chi connectivity index (χ2n) is 5.64. The summed E-state index contributed by atoms with van der Waals surface area (Å²) in [7, 11) is 3.01. The molecule has 1 aliphatic rings. The molecule has 7 nitrogen and oxygen atoms in total. The number of phenolic OH excluding ortho intramolecular Hbond substituents is 2. The average Bonchev–Trinajstić information content (AvgIpc) is 2.63. The number of phenols is 2. The van der Waals surface area contributed by atoms with E-state index in [9.17, 15) is 15.5 Å². The number of methoxy groups -OCH3 is 2. The van der Waals surface area contributed by atoms with Crippen molar-refractivity contribution in [1.82, 2.24) is 0 Å². The van der Waals surface area contributed by atoms with Gasteiger partial charge >= 0.3 is 0 Å². The molecule has 0 bridgehead atoms. The predicted octanol–water partition coefficient (Wildman–Crippen LogP) is 3.52. The van der Waals surface area contributed by atoms with Crippen LogP contribution in [0.4, 0.5) is 0 Å². The Kier molecular flexibility index (Phi) is 4.66. The minimum Gasteiger partial charge on any atom is -0.504 e. The van der Waals surface area contributed by atoms with E-state index in [2.05, 4.69) is 22.0 Å². The third kappa shape index (κ3) is 2.70. The molecule has 1 aliphatic heterocycles. The van der Waals surface area contributed by atoms with Gasteiger partial charge in [0.05, 0.1) is 24.8 Å². The molecular formula is C18H15BrN2O5. The summed E-state index contributed by atoms with van der Waals surface area (Å²) in [6, 6.07) is 8.45. The van der Waals surface area contributed by atoms with Crippen LogP contribution in [-0.2, 0) is 0 Å². The molecule has 0 aliphatic carbocycles. The molecule has 3 N–H and O–H groups in total. The number of halogens is 1. The van der Waals surface area contributed by atoms with Crippen LogP contribution in [0.2, 0.25) is 0 Å². The second-order valence-corrected chi connectivity index (χ2v) is 6.49. The Bertz CT molecular complexity index is 938. The number of nitrogens with zero attached hydrogens (tertiary/aromatic N) is 1. The molecule has 0 radical (unpaired) electrons. The van der Waals surface area contributed by atoms with Gasteiger partial charge in [-0.1, -0.05) is 6.07 Å². The topological polar surface area (TPSA) is 116 Å². The van der Waals surface area contributed by atoms with Gasteiger partial charge in [0.25, 0.3) is 0 Å². The van der Waals surface area contributed by atoms with Gasteiger partial charge in [0.1, 0.15) is 5.92 Å². The fourth-order valence-corrected chi connectivity index (χ4v) is 3.68. The van der Waals surface area contributed by atoms with Crippen LogP contribution in [0.5, 0.6) is 28.7 Å². The van der Waals surface area contributed by atoms with Crippen LogP contribution in [0.25, 0.3) is 0 Å². The molecule has 2 aromatic carbocycles. The number of hydrogen-bond acceptors (Lipinski definition) is 7. The smallest absolute Gasteiger partial charge is 0.205 e. The van der Waals surface area contributed by atoms with E-state index < -0.39 is 17.6 Å². The summed E-state index contributed by atoms with van der Waals surface area (Å²) in [6.07, 6.45) is 0. The van der Waals surface area contributed by atoms with Crippen LogP contribution in [0.15, 0.2) is 28.7 Å². The highest BCUT2D eigenvalue weighted by Crippen LogP contribution is 2.50. The first kappa shape index (κ1) is 17.9. The molecule has 26 heavy (non-hydrogen) atoms. The van der Waals surface area contributed by atoms with Gasteiger partial charge in [0.15, 0.2) is 23.0 Å². The molecule has 0 aromatic heterocycles. The minimum atomic E-state index is -0.906. The van der Waals surface area contributed by atoms with Gasteiger partial charge in [-0.05, 0) is 39.7 Å². The molecule has 1 heterocycles. The third-order valence-corrected chi connectivity index (χ3v) is 4.85. The fourth-order valence-electron chi connectivity index (χ4n) is 3.06. The Morgan fingerprint density at radius 2 is 1.96 bits per heavy atom. The highest BCUT2D eigenvalue weighted by atomic mass is 79.9. The largest absolute Gasteiger partial charge is 0.504 e. The monoisotopic (exact) mass is 418 g/mol. The van der Waals surface area contributed by atoms with Crippen molar-refractivity contribution in [3.8, 4) is 34.8 Å². The Labute approximate surface area is 158 Å². The summed E-state index contributed by atoms with van der Waals surface area (Å²) in [5.74, 6) is -1.71. The normalized spacial score (nSPS) is 18.5. The first-order valence-electron chi connectivity index (χ1n) is 7.55. The molecule has 3 rings (SSSR count). The quantitative estimate of drug-likeness (QED) is 0.656. The maximum absolute atomic E-state index is 10.1. The zero-order chi connectivity index (χ0) is 19.0. The van der Waals surface area contributed by atoms with Crippen LogP contribution in [0, 0.1) is 22.7 Å². The minimum absolute atomic E-state index is 0.0302. The Hall–Kier alpha value is -2.92. The lowest BCUT2D eigenvalue weighted by Crippen LogP contribution is -2.31. The van der Waals surface area contributed by atoms with E-state index in [0.29, 0.717) is 27.1 Å². The highest BCUT2D eigenvalue weighted by Gasteiger charge is 2.39. The van der Waals surface area contributed by atoms with Crippen molar-refractivity contribution < 1.29 is 24.4 Å². The van der Waals surface area contributed by atoms with Crippen LogP contribution < -0.4 is 14.2 Å². The van der Waals surface area contributed by atoms with Gasteiger partial charge in [-0.2, -0.15) is 5.26 Å². The van der Waals surface area contributed by atoms with Gasteiger partial charge in [-0.25, -0.2) is 0 Å². The number of fused-ring (bicyclic) bond motifs is 1. The van der Waals surface area contributed by atoms with Crippen molar-refractivity contribution >= 4 is 21.8 Å². The van der Waals surface area contributed by atoms with Crippen molar-refractivity contribution in [2.24, 2.45) is 5.92 Å². The van der Waals surface area contributed by atoms with Crippen LogP contribution in [-0.4, -0.2) is 30.3 Å². The van der Waals surface area contributed by atoms with Gasteiger partial charge in [0, 0.05) is 11.5 Å². The lowest BCUT2D eigenvalue weighted by atomic mass is 9.79. The van der Waals surface area contributed by atoms with Crippen LogP contribution in [0.3, 0.4) is 0 Å². The molecule has 0 saturated heterocycles. The Balaban J connectivity index is 2.26. The second kappa shape index (κ2) is 6.77. The maximum atomic E-state index is 10.1. The standard InChI is InChI=1S/C18H15BrN2O5/c1-24-13-6-8(5-11(19)17(13)25-2)14-9-3-4-12(22)15(23)16(9)26-18(21)10(14)7-20/h3-6,10,14,21-23H,1-2H3. The molecule has 0 spiro atoms. The lowest BCUT2D eigenvalue weighted by molar-refractivity contribution is 0.351.